The van der Waals surface area contributed by atoms with E-state index in [1.807, 2.05) is 30.7 Å². The van der Waals surface area contributed by atoms with E-state index in [2.05, 4.69) is 65.9 Å². The third-order valence-corrected chi connectivity index (χ3v) is 6.07. The van der Waals surface area contributed by atoms with E-state index in [1.165, 1.54) is 5.56 Å². The molecule has 0 fully saturated rings. The van der Waals surface area contributed by atoms with Crippen molar-refractivity contribution in [1.29, 1.82) is 0 Å². The van der Waals surface area contributed by atoms with Crippen LogP contribution in [0, 0.1) is 6.92 Å². The summed E-state index contributed by atoms with van der Waals surface area (Å²) in [5.41, 5.74) is 4.70. The highest BCUT2D eigenvalue weighted by Gasteiger charge is 2.18. The van der Waals surface area contributed by atoms with Gasteiger partial charge in [-0.2, -0.15) is 0 Å². The minimum atomic E-state index is 0.232. The minimum absolute atomic E-state index is 0.232. The second kappa shape index (κ2) is 9.57. The third kappa shape index (κ3) is 4.52. The van der Waals surface area contributed by atoms with E-state index in [0.29, 0.717) is 24.1 Å². The van der Waals surface area contributed by atoms with Gasteiger partial charge in [0.2, 0.25) is 12.7 Å². The average molecular weight is 483 g/mol. The molecule has 0 unspecified atom stereocenters. The first-order valence-corrected chi connectivity index (χ1v) is 11.9. The minimum Gasteiger partial charge on any atom is -0.454 e. The maximum absolute atomic E-state index is 5.55. The fraction of sp³-hybridized carbons (Fsp3) is 0.231. The van der Waals surface area contributed by atoms with E-state index in [0.717, 1.165) is 47.7 Å². The highest BCUT2D eigenvalue weighted by molar-refractivity contribution is 5.86. The Balaban J connectivity index is 1.30. The monoisotopic (exact) mass is 482 g/mol. The van der Waals surface area contributed by atoms with Crippen LogP contribution in [-0.2, 0) is 13.1 Å². The maximum Gasteiger partial charge on any atom is 0.231 e. The second-order valence-corrected chi connectivity index (χ2v) is 8.68. The number of ether oxygens (including phenoxy) is 2. The number of nitrogens with zero attached hydrogens (tertiary/aromatic N) is 6. The normalized spacial score (nSPS) is 12.2. The number of hydrogen-bond donors (Lipinski definition) is 2. The van der Waals surface area contributed by atoms with Gasteiger partial charge < -0.3 is 24.7 Å². The van der Waals surface area contributed by atoms with Crippen LogP contribution in [0.5, 0.6) is 11.5 Å². The molecule has 182 valence electrons. The molecule has 36 heavy (non-hydrogen) atoms. The average Bonchev–Trinajstić information content (AvgIpc) is 3.64. The van der Waals surface area contributed by atoms with Crippen LogP contribution in [-0.4, -0.2) is 42.4 Å². The van der Waals surface area contributed by atoms with E-state index in [1.54, 1.807) is 12.5 Å². The SMILES string of the molecule is Cc1ccc(Cn2c(Nc3ccc4c(c3)OCO4)nc3c(NCCCn4ccnc4)ncnc32)cc1. The topological polar surface area (TPSA) is 104 Å². The van der Waals surface area contributed by atoms with Crippen LogP contribution in [0.1, 0.15) is 17.5 Å². The summed E-state index contributed by atoms with van der Waals surface area (Å²) in [4.78, 5) is 18.1. The fourth-order valence-corrected chi connectivity index (χ4v) is 4.18. The lowest BCUT2D eigenvalue weighted by molar-refractivity contribution is 0.174. The van der Waals surface area contributed by atoms with Gasteiger partial charge in [-0.1, -0.05) is 29.8 Å². The van der Waals surface area contributed by atoms with Crippen molar-refractivity contribution < 1.29 is 9.47 Å². The molecule has 10 heteroatoms. The van der Waals surface area contributed by atoms with Gasteiger partial charge in [0.05, 0.1) is 12.9 Å². The van der Waals surface area contributed by atoms with Crippen molar-refractivity contribution in [3.8, 4) is 11.5 Å². The highest BCUT2D eigenvalue weighted by atomic mass is 16.7. The number of benzene rings is 2. The summed E-state index contributed by atoms with van der Waals surface area (Å²) in [6, 6.07) is 14.2. The molecule has 2 aromatic carbocycles. The standard InChI is InChI=1S/C26H26N8O2/c1-18-3-5-19(6-4-18)14-34-25-23(24(29-15-30-25)28-9-2-11-33-12-10-27-16-33)32-26(34)31-20-7-8-21-22(13-20)36-17-35-21/h3-8,10,12-13,15-16H,2,9,11,14,17H2,1H3,(H,31,32)(H,28,29,30). The molecule has 2 N–H and O–H groups in total. The van der Waals surface area contributed by atoms with Crippen LogP contribution in [0.2, 0.25) is 0 Å². The van der Waals surface area contributed by atoms with Gasteiger partial charge in [0.15, 0.2) is 28.5 Å². The van der Waals surface area contributed by atoms with Crippen LogP contribution in [0.15, 0.2) is 67.5 Å². The van der Waals surface area contributed by atoms with Crippen molar-refractivity contribution in [2.24, 2.45) is 0 Å². The fourth-order valence-electron chi connectivity index (χ4n) is 4.18. The van der Waals surface area contributed by atoms with Crippen molar-refractivity contribution in [2.45, 2.75) is 26.4 Å². The first-order chi connectivity index (χ1) is 17.7. The Labute approximate surface area is 208 Å². The van der Waals surface area contributed by atoms with Gasteiger partial charge in [-0.3, -0.25) is 4.57 Å². The molecule has 4 heterocycles. The largest absolute Gasteiger partial charge is 0.454 e. The highest BCUT2D eigenvalue weighted by Crippen LogP contribution is 2.35. The maximum atomic E-state index is 5.55. The first kappa shape index (κ1) is 21.9. The Kier molecular flexibility index (Phi) is 5.82. The lowest BCUT2D eigenvalue weighted by Crippen LogP contribution is -2.08. The molecule has 5 aromatic rings. The molecule has 0 aliphatic carbocycles. The van der Waals surface area contributed by atoms with Crippen LogP contribution in [0.3, 0.4) is 0 Å². The van der Waals surface area contributed by atoms with Crippen molar-refractivity contribution in [3.05, 3.63) is 78.6 Å². The van der Waals surface area contributed by atoms with E-state index in [-0.39, 0.29) is 6.79 Å². The summed E-state index contributed by atoms with van der Waals surface area (Å²) in [7, 11) is 0. The number of imidazole rings is 2. The van der Waals surface area contributed by atoms with Gasteiger partial charge in [0, 0.05) is 37.2 Å². The molecular formula is C26H26N8O2. The molecule has 0 spiro atoms. The summed E-state index contributed by atoms with van der Waals surface area (Å²) in [5.74, 6) is 2.83. The number of fused-ring (bicyclic) bond motifs is 2. The van der Waals surface area contributed by atoms with E-state index in [9.17, 15) is 0 Å². The van der Waals surface area contributed by atoms with Crippen molar-refractivity contribution in [1.82, 2.24) is 29.1 Å². The molecule has 1 aliphatic heterocycles. The van der Waals surface area contributed by atoms with Crippen LogP contribution >= 0.6 is 0 Å². The summed E-state index contributed by atoms with van der Waals surface area (Å²) in [5, 5.41) is 6.88. The quantitative estimate of drug-likeness (QED) is 0.299. The second-order valence-electron chi connectivity index (χ2n) is 8.68. The first-order valence-electron chi connectivity index (χ1n) is 11.9. The zero-order valence-corrected chi connectivity index (χ0v) is 19.9. The molecule has 0 bridgehead atoms. The Bertz CT molecular complexity index is 1480. The predicted molar refractivity (Wildman–Crippen MR) is 137 cm³/mol. The van der Waals surface area contributed by atoms with E-state index >= 15 is 0 Å². The van der Waals surface area contributed by atoms with Gasteiger partial charge in [0.1, 0.15) is 6.33 Å². The number of hydrogen-bond acceptors (Lipinski definition) is 8. The Morgan fingerprint density at radius 2 is 1.92 bits per heavy atom. The van der Waals surface area contributed by atoms with Crippen molar-refractivity contribution in [2.75, 3.05) is 24.0 Å². The van der Waals surface area contributed by atoms with Crippen LogP contribution in [0.4, 0.5) is 17.5 Å². The number of rotatable bonds is 9. The molecule has 1 aliphatic rings. The van der Waals surface area contributed by atoms with Gasteiger partial charge >= 0.3 is 0 Å². The van der Waals surface area contributed by atoms with Gasteiger partial charge in [-0.15, -0.1) is 0 Å². The molecule has 0 atom stereocenters. The summed E-state index contributed by atoms with van der Waals surface area (Å²) in [6.07, 6.45) is 8.08. The van der Waals surface area contributed by atoms with Gasteiger partial charge in [-0.05, 0) is 31.0 Å². The number of aromatic nitrogens is 6. The van der Waals surface area contributed by atoms with Gasteiger partial charge in [-0.25, -0.2) is 19.9 Å². The van der Waals surface area contributed by atoms with Crippen LogP contribution < -0.4 is 20.1 Å². The molecule has 0 amide bonds. The molecule has 3 aromatic heterocycles. The third-order valence-electron chi connectivity index (χ3n) is 6.07. The smallest absolute Gasteiger partial charge is 0.231 e. The molecule has 0 saturated heterocycles. The molecule has 10 nitrogen and oxygen atoms in total. The number of anilines is 3. The Morgan fingerprint density at radius 3 is 2.78 bits per heavy atom. The zero-order valence-electron chi connectivity index (χ0n) is 19.9. The van der Waals surface area contributed by atoms with Crippen molar-refractivity contribution >= 4 is 28.6 Å². The Morgan fingerprint density at radius 1 is 1.03 bits per heavy atom. The molecule has 6 rings (SSSR count). The lowest BCUT2D eigenvalue weighted by Gasteiger charge is -2.11. The van der Waals surface area contributed by atoms with Crippen molar-refractivity contribution in [3.63, 3.8) is 0 Å². The lowest BCUT2D eigenvalue weighted by atomic mass is 10.1. The Hall–Kier alpha value is -4.60. The van der Waals surface area contributed by atoms with E-state index in [4.69, 9.17) is 14.5 Å². The summed E-state index contributed by atoms with van der Waals surface area (Å²) in [6.45, 7) is 4.55. The number of nitrogens with one attached hydrogen (secondary N) is 2. The summed E-state index contributed by atoms with van der Waals surface area (Å²) >= 11 is 0. The molecule has 0 radical (unpaired) electrons. The zero-order chi connectivity index (χ0) is 24.3. The molecule has 0 saturated carbocycles. The summed E-state index contributed by atoms with van der Waals surface area (Å²) < 4.78 is 15.1. The van der Waals surface area contributed by atoms with E-state index < -0.39 is 0 Å². The van der Waals surface area contributed by atoms with Crippen LogP contribution in [0.25, 0.3) is 11.2 Å². The number of aryl methyl sites for hydroxylation is 2. The van der Waals surface area contributed by atoms with Gasteiger partial charge in [0.25, 0.3) is 0 Å². The predicted octanol–water partition coefficient (Wildman–Crippen LogP) is 4.35. The molecular weight excluding hydrogens is 456 g/mol.